The molecule has 0 aromatic carbocycles. The lowest BCUT2D eigenvalue weighted by molar-refractivity contribution is 0.0720. The van der Waals surface area contributed by atoms with Crippen molar-refractivity contribution < 1.29 is 9.53 Å². The number of nitrogens with one attached hydrogen (secondary N) is 1. The van der Waals surface area contributed by atoms with Gasteiger partial charge in [-0.2, -0.15) is 5.10 Å². The molecule has 0 unspecified atom stereocenters. The van der Waals surface area contributed by atoms with E-state index in [-0.39, 0.29) is 0 Å². The number of rotatable bonds is 8. The lowest BCUT2D eigenvalue weighted by atomic mass is 10.1. The van der Waals surface area contributed by atoms with Crippen LogP contribution in [0.25, 0.3) is 5.70 Å². The van der Waals surface area contributed by atoms with Gasteiger partial charge in [0, 0.05) is 38.7 Å². The van der Waals surface area contributed by atoms with E-state index in [1.54, 1.807) is 6.20 Å². The first kappa shape index (κ1) is 19.1. The van der Waals surface area contributed by atoms with Crippen LogP contribution in [-0.2, 0) is 17.8 Å². The number of hydrogen-bond acceptors (Lipinski definition) is 7. The molecule has 0 atom stereocenters. The summed E-state index contributed by atoms with van der Waals surface area (Å²) in [5.41, 5.74) is 4.22. The van der Waals surface area contributed by atoms with E-state index in [0.29, 0.717) is 32.0 Å². The van der Waals surface area contributed by atoms with Gasteiger partial charge in [0.25, 0.3) is 0 Å². The molecular weight excluding hydrogens is 344 g/mol. The maximum Gasteiger partial charge on any atom is 0.170 e. The van der Waals surface area contributed by atoms with Crippen molar-refractivity contribution in [3.05, 3.63) is 47.0 Å². The lowest BCUT2D eigenvalue weighted by Crippen LogP contribution is -2.35. The van der Waals surface area contributed by atoms with Crippen molar-refractivity contribution in [3.63, 3.8) is 0 Å². The molecule has 0 bridgehead atoms. The van der Waals surface area contributed by atoms with Gasteiger partial charge in [-0.15, -0.1) is 0 Å². The molecule has 2 aromatic heterocycles. The Labute approximate surface area is 159 Å². The summed E-state index contributed by atoms with van der Waals surface area (Å²) in [5.74, 6) is 0.748. The predicted molar refractivity (Wildman–Crippen MR) is 104 cm³/mol. The number of ether oxygens (including phenoxy) is 1. The summed E-state index contributed by atoms with van der Waals surface area (Å²) in [6.45, 7) is 6.32. The van der Waals surface area contributed by atoms with E-state index in [1.807, 2.05) is 61.0 Å². The Bertz CT molecular complexity index is 843. The molecule has 1 N–H and O–H groups in total. The van der Waals surface area contributed by atoms with Crippen molar-refractivity contribution >= 4 is 17.8 Å². The second-order valence-electron chi connectivity index (χ2n) is 6.58. The highest BCUT2D eigenvalue weighted by Gasteiger charge is 2.27. The Balaban J connectivity index is 2.02. The quantitative estimate of drug-likeness (QED) is 0.563. The topological polar surface area (TPSA) is 75.5 Å². The Morgan fingerprint density at radius 2 is 2.22 bits per heavy atom. The number of aromatic nitrogens is 3. The first-order valence-corrected chi connectivity index (χ1v) is 9.01. The number of aldehydes is 1. The Morgan fingerprint density at radius 3 is 2.89 bits per heavy atom. The molecule has 2 aromatic rings. The summed E-state index contributed by atoms with van der Waals surface area (Å²) in [4.78, 5) is 16.0. The second-order valence-corrected chi connectivity index (χ2v) is 6.58. The first-order valence-electron chi connectivity index (χ1n) is 9.01. The van der Waals surface area contributed by atoms with Gasteiger partial charge in [0.1, 0.15) is 11.5 Å². The minimum absolute atomic E-state index is 0.456. The van der Waals surface area contributed by atoms with Crippen molar-refractivity contribution in [3.8, 4) is 0 Å². The zero-order valence-electron chi connectivity index (χ0n) is 16.3. The van der Waals surface area contributed by atoms with Gasteiger partial charge in [-0.3, -0.25) is 9.48 Å². The van der Waals surface area contributed by atoms with Crippen LogP contribution in [-0.4, -0.2) is 58.4 Å². The van der Waals surface area contributed by atoms with E-state index in [4.69, 9.17) is 4.74 Å². The minimum Gasteiger partial charge on any atom is -0.380 e. The number of fused-ring (bicyclic) bond motifs is 1. The van der Waals surface area contributed by atoms with E-state index in [9.17, 15) is 4.79 Å². The fourth-order valence-corrected chi connectivity index (χ4v) is 3.04. The zero-order valence-corrected chi connectivity index (χ0v) is 16.3. The molecule has 8 heteroatoms. The van der Waals surface area contributed by atoms with Crippen LogP contribution in [0.5, 0.6) is 0 Å². The van der Waals surface area contributed by atoms with Crippen LogP contribution in [0.15, 0.2) is 24.5 Å². The highest BCUT2D eigenvalue weighted by atomic mass is 16.5. The van der Waals surface area contributed by atoms with Crippen LogP contribution >= 0.6 is 0 Å². The standard InChI is InChI=1S/C19H26N6O2/c1-5-27-9-8-25-19-15(17(13-26)22-25)11-24(23(3)4)12-16(19)21-18-10-14(2)6-7-20-18/h6-7,10,12-13H,5,8-9,11H2,1-4H3,(H,20,21). The third kappa shape index (κ3) is 4.17. The van der Waals surface area contributed by atoms with Crippen molar-refractivity contribution in [1.29, 1.82) is 0 Å². The van der Waals surface area contributed by atoms with Crippen molar-refractivity contribution in [2.24, 2.45) is 0 Å². The molecule has 27 heavy (non-hydrogen) atoms. The van der Waals surface area contributed by atoms with Crippen molar-refractivity contribution in [2.75, 3.05) is 32.6 Å². The molecule has 144 valence electrons. The molecular formula is C19H26N6O2. The summed E-state index contributed by atoms with van der Waals surface area (Å²) < 4.78 is 7.32. The van der Waals surface area contributed by atoms with Crippen LogP contribution in [0.2, 0.25) is 0 Å². The lowest BCUT2D eigenvalue weighted by Gasteiger charge is -2.32. The SMILES string of the molecule is CCOCCn1nc(C=O)c2c1C(Nc1cc(C)ccn1)=CN(N(C)C)C2. The smallest absolute Gasteiger partial charge is 0.170 e. The van der Waals surface area contributed by atoms with Gasteiger partial charge in [-0.05, 0) is 31.5 Å². The van der Waals surface area contributed by atoms with E-state index < -0.39 is 0 Å². The summed E-state index contributed by atoms with van der Waals surface area (Å²) in [6, 6.07) is 3.94. The summed E-state index contributed by atoms with van der Waals surface area (Å²) in [6.07, 6.45) is 4.60. The van der Waals surface area contributed by atoms with Gasteiger partial charge in [0.2, 0.25) is 0 Å². The predicted octanol–water partition coefficient (Wildman–Crippen LogP) is 2.14. The normalized spacial score (nSPS) is 13.5. The maximum absolute atomic E-state index is 11.6. The highest BCUT2D eigenvalue weighted by Crippen LogP contribution is 2.30. The van der Waals surface area contributed by atoms with E-state index in [1.165, 1.54) is 0 Å². The molecule has 0 saturated carbocycles. The number of aryl methyl sites for hydroxylation is 1. The number of pyridine rings is 1. The van der Waals surface area contributed by atoms with Gasteiger partial charge >= 0.3 is 0 Å². The number of hydrogen-bond donors (Lipinski definition) is 1. The van der Waals surface area contributed by atoms with Gasteiger partial charge in [0.05, 0.1) is 31.1 Å². The van der Waals surface area contributed by atoms with Crippen LogP contribution in [0.3, 0.4) is 0 Å². The van der Waals surface area contributed by atoms with Crippen LogP contribution in [0.1, 0.15) is 34.2 Å². The van der Waals surface area contributed by atoms with E-state index in [2.05, 4.69) is 15.4 Å². The molecule has 0 aliphatic carbocycles. The molecule has 0 saturated heterocycles. The average molecular weight is 370 g/mol. The Hall–Kier alpha value is -2.71. The van der Waals surface area contributed by atoms with E-state index in [0.717, 1.165) is 34.6 Å². The van der Waals surface area contributed by atoms with Crippen LogP contribution in [0, 0.1) is 6.92 Å². The fourth-order valence-electron chi connectivity index (χ4n) is 3.04. The van der Waals surface area contributed by atoms with Crippen molar-refractivity contribution in [2.45, 2.75) is 26.9 Å². The molecule has 0 amide bonds. The largest absolute Gasteiger partial charge is 0.380 e. The molecule has 0 spiro atoms. The second kappa shape index (κ2) is 8.32. The van der Waals surface area contributed by atoms with Crippen molar-refractivity contribution in [1.82, 2.24) is 24.8 Å². The number of hydrazine groups is 1. The number of anilines is 1. The molecule has 3 heterocycles. The fraction of sp³-hybridized carbons (Fsp3) is 0.421. The summed E-state index contributed by atoms with van der Waals surface area (Å²) in [7, 11) is 3.92. The Kier molecular flexibility index (Phi) is 5.88. The maximum atomic E-state index is 11.6. The van der Waals surface area contributed by atoms with E-state index >= 15 is 0 Å². The monoisotopic (exact) mass is 370 g/mol. The summed E-state index contributed by atoms with van der Waals surface area (Å²) >= 11 is 0. The third-order valence-electron chi connectivity index (χ3n) is 4.39. The molecule has 1 aliphatic rings. The molecule has 8 nitrogen and oxygen atoms in total. The molecule has 3 rings (SSSR count). The van der Waals surface area contributed by atoms with Gasteiger partial charge in [-0.25, -0.2) is 9.99 Å². The number of carbonyl (C=O) groups is 1. The van der Waals surface area contributed by atoms with Gasteiger partial charge < -0.3 is 15.1 Å². The Morgan fingerprint density at radius 1 is 1.41 bits per heavy atom. The zero-order chi connectivity index (χ0) is 19.4. The number of nitrogens with zero attached hydrogens (tertiary/aromatic N) is 5. The summed E-state index contributed by atoms with van der Waals surface area (Å²) in [5, 5.41) is 11.9. The first-order chi connectivity index (χ1) is 13.0. The average Bonchev–Trinajstić information content (AvgIpc) is 3.00. The highest BCUT2D eigenvalue weighted by molar-refractivity contribution is 5.83. The third-order valence-corrected chi connectivity index (χ3v) is 4.39. The number of carbonyl (C=O) groups excluding carboxylic acids is 1. The van der Waals surface area contributed by atoms with Crippen LogP contribution < -0.4 is 5.32 Å². The van der Waals surface area contributed by atoms with Gasteiger partial charge in [-0.1, -0.05) is 0 Å². The minimum atomic E-state index is 0.456. The van der Waals surface area contributed by atoms with Gasteiger partial charge in [0.15, 0.2) is 6.29 Å². The molecule has 0 radical (unpaired) electrons. The molecule has 1 aliphatic heterocycles. The van der Waals surface area contributed by atoms with Crippen LogP contribution in [0.4, 0.5) is 5.82 Å². The molecule has 0 fully saturated rings.